The van der Waals surface area contributed by atoms with Crippen LogP contribution in [0, 0.1) is 0 Å². The van der Waals surface area contributed by atoms with Crippen molar-refractivity contribution in [2.24, 2.45) is 5.73 Å². The molecular formula is C15H15Cl2NS. The highest BCUT2D eigenvalue weighted by molar-refractivity contribution is 7.12. The molecule has 0 radical (unpaired) electrons. The quantitative estimate of drug-likeness (QED) is 0.866. The molecule has 1 heterocycles. The van der Waals surface area contributed by atoms with Gasteiger partial charge in [-0.25, -0.2) is 0 Å². The van der Waals surface area contributed by atoms with Gasteiger partial charge >= 0.3 is 0 Å². The molecule has 0 bridgehead atoms. The van der Waals surface area contributed by atoms with Crippen LogP contribution in [0.2, 0.25) is 10.0 Å². The Bertz CT molecular complexity index is 585. The van der Waals surface area contributed by atoms with Gasteiger partial charge in [0, 0.05) is 15.8 Å². The molecule has 1 aliphatic carbocycles. The molecule has 1 aromatic carbocycles. The fraction of sp³-hybridized carbons (Fsp3) is 0.333. The van der Waals surface area contributed by atoms with Crippen LogP contribution >= 0.6 is 34.5 Å². The van der Waals surface area contributed by atoms with Gasteiger partial charge in [0.1, 0.15) is 0 Å². The minimum atomic E-state index is 0.00608. The van der Waals surface area contributed by atoms with Crippen LogP contribution in [0.5, 0.6) is 0 Å². The smallest absolute Gasteiger partial charge is 0.0624 e. The zero-order chi connectivity index (χ0) is 13.4. The molecule has 1 aliphatic rings. The summed E-state index contributed by atoms with van der Waals surface area (Å²) >= 11 is 14.1. The summed E-state index contributed by atoms with van der Waals surface area (Å²) in [6.07, 6.45) is 4.44. The highest BCUT2D eigenvalue weighted by Crippen LogP contribution is 2.35. The molecule has 0 fully saturated rings. The van der Waals surface area contributed by atoms with E-state index in [1.54, 1.807) is 6.07 Å². The van der Waals surface area contributed by atoms with Crippen molar-refractivity contribution in [2.45, 2.75) is 31.7 Å². The van der Waals surface area contributed by atoms with Crippen LogP contribution in [0.4, 0.5) is 0 Å². The molecule has 3 rings (SSSR count). The molecular weight excluding hydrogens is 297 g/mol. The third-order valence-corrected chi connectivity index (χ3v) is 5.83. The van der Waals surface area contributed by atoms with Gasteiger partial charge in [0.15, 0.2) is 0 Å². The molecule has 0 aliphatic heterocycles. The van der Waals surface area contributed by atoms with Gasteiger partial charge in [-0.15, -0.1) is 11.3 Å². The molecule has 100 valence electrons. The Morgan fingerprint density at radius 2 is 2.11 bits per heavy atom. The molecule has 0 amide bonds. The number of halogens is 2. The van der Waals surface area contributed by atoms with Crippen molar-refractivity contribution < 1.29 is 0 Å². The summed E-state index contributed by atoms with van der Waals surface area (Å²) in [6.45, 7) is 0. The predicted octanol–water partition coefficient (Wildman–Crippen LogP) is 4.79. The summed E-state index contributed by atoms with van der Waals surface area (Å²) in [5.74, 6) is 0. The molecule has 1 nitrogen and oxygen atoms in total. The van der Waals surface area contributed by atoms with Gasteiger partial charge in [0.05, 0.1) is 10.0 Å². The number of hydrogen-bond donors (Lipinski definition) is 1. The summed E-state index contributed by atoms with van der Waals surface area (Å²) < 4.78 is 0. The fourth-order valence-corrected chi connectivity index (χ4v) is 4.23. The summed E-state index contributed by atoms with van der Waals surface area (Å²) in [7, 11) is 0. The third-order valence-electron chi connectivity index (χ3n) is 3.60. The van der Waals surface area contributed by atoms with Gasteiger partial charge in [-0.05, 0) is 48.9 Å². The molecule has 0 saturated heterocycles. The van der Waals surface area contributed by atoms with Gasteiger partial charge < -0.3 is 5.73 Å². The first-order valence-electron chi connectivity index (χ1n) is 6.45. The number of fused-ring (bicyclic) bond motifs is 1. The number of hydrogen-bond acceptors (Lipinski definition) is 2. The number of aryl methyl sites for hydroxylation is 2. The summed E-state index contributed by atoms with van der Waals surface area (Å²) in [6, 6.07) is 8.00. The maximum absolute atomic E-state index is 6.32. The Hall–Kier alpha value is -0.540. The van der Waals surface area contributed by atoms with Crippen LogP contribution in [0.1, 0.15) is 33.3 Å². The Balaban J connectivity index is 1.80. The van der Waals surface area contributed by atoms with Crippen molar-refractivity contribution in [3.05, 3.63) is 55.2 Å². The Morgan fingerprint density at radius 1 is 1.26 bits per heavy atom. The van der Waals surface area contributed by atoms with Gasteiger partial charge in [-0.1, -0.05) is 35.3 Å². The van der Waals surface area contributed by atoms with Crippen molar-refractivity contribution in [2.75, 3.05) is 0 Å². The van der Waals surface area contributed by atoms with Crippen molar-refractivity contribution in [1.82, 2.24) is 0 Å². The second-order valence-corrected chi connectivity index (χ2v) is 6.93. The maximum atomic E-state index is 6.32. The maximum Gasteiger partial charge on any atom is 0.0624 e. The highest BCUT2D eigenvalue weighted by atomic mass is 35.5. The molecule has 1 aromatic heterocycles. The van der Waals surface area contributed by atoms with E-state index >= 15 is 0 Å². The minimum absolute atomic E-state index is 0.00608. The van der Waals surface area contributed by atoms with Gasteiger partial charge in [0.2, 0.25) is 0 Å². The normalized spacial score (nSPS) is 15.5. The summed E-state index contributed by atoms with van der Waals surface area (Å²) in [5, 5.41) is 1.23. The van der Waals surface area contributed by atoms with Crippen molar-refractivity contribution in [3.63, 3.8) is 0 Å². The van der Waals surface area contributed by atoms with E-state index in [1.165, 1.54) is 34.6 Å². The fourth-order valence-electron chi connectivity index (χ4n) is 2.58. The molecule has 2 aromatic rings. The molecule has 0 saturated carbocycles. The largest absolute Gasteiger partial charge is 0.323 e. The topological polar surface area (TPSA) is 26.0 Å². The third kappa shape index (κ3) is 2.68. The second-order valence-electron chi connectivity index (χ2n) is 4.97. The van der Waals surface area contributed by atoms with E-state index in [9.17, 15) is 0 Å². The SMILES string of the molecule is NC(Cc1cccc(Cl)c1Cl)c1cc2c(s1)CCC2. The second kappa shape index (κ2) is 5.45. The van der Waals surface area contributed by atoms with Crippen LogP contribution < -0.4 is 5.73 Å². The van der Waals surface area contributed by atoms with E-state index < -0.39 is 0 Å². The molecule has 2 N–H and O–H groups in total. The van der Waals surface area contributed by atoms with Crippen molar-refractivity contribution in [3.8, 4) is 0 Å². The number of rotatable bonds is 3. The zero-order valence-corrected chi connectivity index (χ0v) is 12.8. The van der Waals surface area contributed by atoms with Crippen LogP contribution in [-0.2, 0) is 19.3 Å². The summed E-state index contributed by atoms with van der Waals surface area (Å²) in [5.41, 5.74) is 8.83. The molecule has 19 heavy (non-hydrogen) atoms. The van der Waals surface area contributed by atoms with E-state index in [-0.39, 0.29) is 6.04 Å². The first-order chi connectivity index (χ1) is 9.15. The lowest BCUT2D eigenvalue weighted by molar-refractivity contribution is 0.735. The van der Waals surface area contributed by atoms with Crippen molar-refractivity contribution >= 4 is 34.5 Å². The van der Waals surface area contributed by atoms with E-state index in [4.69, 9.17) is 28.9 Å². The van der Waals surface area contributed by atoms with E-state index in [0.717, 1.165) is 12.0 Å². The van der Waals surface area contributed by atoms with Crippen LogP contribution in [0.25, 0.3) is 0 Å². The lowest BCUT2D eigenvalue weighted by Gasteiger charge is -2.12. The highest BCUT2D eigenvalue weighted by Gasteiger charge is 2.19. The Kier molecular flexibility index (Phi) is 3.86. The van der Waals surface area contributed by atoms with Gasteiger partial charge in [0.25, 0.3) is 0 Å². The lowest BCUT2D eigenvalue weighted by atomic mass is 10.0. The van der Waals surface area contributed by atoms with E-state index in [2.05, 4.69) is 6.07 Å². The monoisotopic (exact) mass is 311 g/mol. The first-order valence-corrected chi connectivity index (χ1v) is 8.02. The standard InChI is InChI=1S/C15H15Cl2NS/c16-11-5-1-4-10(15(11)17)7-12(18)14-8-9-3-2-6-13(9)19-14/h1,4-5,8,12H,2-3,6-7,18H2. The van der Waals surface area contributed by atoms with Crippen LogP contribution in [0.15, 0.2) is 24.3 Å². The summed E-state index contributed by atoms with van der Waals surface area (Å²) in [4.78, 5) is 2.78. The number of nitrogens with two attached hydrogens (primary N) is 1. The molecule has 1 atom stereocenters. The van der Waals surface area contributed by atoms with Gasteiger partial charge in [-0.3, -0.25) is 0 Å². The average molecular weight is 312 g/mol. The van der Waals surface area contributed by atoms with Crippen LogP contribution in [-0.4, -0.2) is 0 Å². The number of thiophene rings is 1. The molecule has 4 heteroatoms. The number of benzene rings is 1. The average Bonchev–Trinajstić information content (AvgIpc) is 2.95. The zero-order valence-electron chi connectivity index (χ0n) is 10.5. The molecule has 0 spiro atoms. The van der Waals surface area contributed by atoms with E-state index in [1.807, 2.05) is 23.5 Å². The van der Waals surface area contributed by atoms with Crippen LogP contribution in [0.3, 0.4) is 0 Å². The van der Waals surface area contributed by atoms with Crippen molar-refractivity contribution in [1.29, 1.82) is 0 Å². The Labute approximate surface area is 127 Å². The first kappa shape index (κ1) is 13.4. The van der Waals surface area contributed by atoms with Gasteiger partial charge in [-0.2, -0.15) is 0 Å². The Morgan fingerprint density at radius 3 is 2.89 bits per heavy atom. The molecule has 1 unspecified atom stereocenters. The van der Waals surface area contributed by atoms with E-state index in [0.29, 0.717) is 10.0 Å². The minimum Gasteiger partial charge on any atom is -0.323 e. The predicted molar refractivity (Wildman–Crippen MR) is 83.4 cm³/mol. The lowest BCUT2D eigenvalue weighted by Crippen LogP contribution is -2.12.